The van der Waals surface area contributed by atoms with Crippen LogP contribution in [0.3, 0.4) is 0 Å². The lowest BCUT2D eigenvalue weighted by molar-refractivity contribution is 0.406. The summed E-state index contributed by atoms with van der Waals surface area (Å²) in [5.74, 6) is 0.748. The Labute approximate surface area is 127 Å². The van der Waals surface area contributed by atoms with Crippen LogP contribution in [0.1, 0.15) is 11.1 Å². The zero-order valence-electron chi connectivity index (χ0n) is 10.5. The van der Waals surface area contributed by atoms with Crippen molar-refractivity contribution in [2.45, 2.75) is 13.5 Å². The summed E-state index contributed by atoms with van der Waals surface area (Å²) in [6.07, 6.45) is 1.59. The molecule has 100 valence electrons. The molecule has 4 nitrogen and oxygen atoms in total. The van der Waals surface area contributed by atoms with Crippen molar-refractivity contribution >= 4 is 31.9 Å². The monoisotopic (exact) mass is 386 g/mol. The van der Waals surface area contributed by atoms with Gasteiger partial charge in [-0.05, 0) is 44.8 Å². The van der Waals surface area contributed by atoms with Gasteiger partial charge in [-0.2, -0.15) is 5.10 Å². The highest BCUT2D eigenvalue weighted by Gasteiger charge is 2.10. The largest absolute Gasteiger partial charge is 0.496 e. The van der Waals surface area contributed by atoms with Crippen LogP contribution in [-0.2, 0) is 6.54 Å². The van der Waals surface area contributed by atoms with E-state index in [0.717, 1.165) is 16.9 Å². The van der Waals surface area contributed by atoms with E-state index >= 15 is 0 Å². The molecule has 0 aliphatic rings. The summed E-state index contributed by atoms with van der Waals surface area (Å²) < 4.78 is 7.81. The van der Waals surface area contributed by atoms with Gasteiger partial charge in [0.25, 0.3) is 5.56 Å². The normalized spacial score (nSPS) is 10.5. The van der Waals surface area contributed by atoms with Crippen molar-refractivity contribution in [3.05, 3.63) is 54.8 Å². The van der Waals surface area contributed by atoms with Gasteiger partial charge in [0.1, 0.15) is 10.2 Å². The molecule has 0 bridgehead atoms. The van der Waals surface area contributed by atoms with Crippen LogP contribution in [0.25, 0.3) is 0 Å². The highest BCUT2D eigenvalue weighted by molar-refractivity contribution is 9.13. The third-order valence-electron chi connectivity index (χ3n) is 2.70. The Bertz CT molecular complexity index is 668. The molecule has 1 aromatic carbocycles. The van der Waals surface area contributed by atoms with Crippen molar-refractivity contribution in [3.63, 3.8) is 0 Å². The average Bonchev–Trinajstić information content (AvgIpc) is 2.40. The van der Waals surface area contributed by atoms with Crippen molar-refractivity contribution in [2.75, 3.05) is 7.11 Å². The van der Waals surface area contributed by atoms with Crippen LogP contribution in [0.15, 0.2) is 38.1 Å². The second-order valence-electron chi connectivity index (χ2n) is 4.08. The van der Waals surface area contributed by atoms with Crippen LogP contribution < -0.4 is 10.3 Å². The minimum Gasteiger partial charge on any atom is -0.496 e. The van der Waals surface area contributed by atoms with E-state index in [0.29, 0.717) is 15.5 Å². The Morgan fingerprint density at radius 2 is 2.11 bits per heavy atom. The molecule has 6 heteroatoms. The van der Waals surface area contributed by atoms with Crippen molar-refractivity contribution < 1.29 is 4.74 Å². The van der Waals surface area contributed by atoms with Crippen LogP contribution in [-0.4, -0.2) is 16.9 Å². The van der Waals surface area contributed by atoms with Crippen LogP contribution in [0.5, 0.6) is 5.75 Å². The molecule has 0 aliphatic carbocycles. The number of hydrogen-bond acceptors (Lipinski definition) is 3. The highest BCUT2D eigenvalue weighted by Crippen LogP contribution is 2.21. The second-order valence-corrected chi connectivity index (χ2v) is 5.73. The molecule has 2 rings (SSSR count). The Balaban J connectivity index is 2.44. The Hall–Kier alpha value is -1.14. The van der Waals surface area contributed by atoms with E-state index in [1.54, 1.807) is 13.3 Å². The molecule has 0 saturated heterocycles. The van der Waals surface area contributed by atoms with Gasteiger partial charge in [-0.15, -0.1) is 0 Å². The summed E-state index contributed by atoms with van der Waals surface area (Å²) in [6, 6.07) is 5.85. The molecule has 0 fully saturated rings. The van der Waals surface area contributed by atoms with Crippen LogP contribution in [0.4, 0.5) is 0 Å². The highest BCUT2D eigenvalue weighted by atomic mass is 79.9. The first-order valence-electron chi connectivity index (χ1n) is 5.57. The first-order valence-corrected chi connectivity index (χ1v) is 7.16. The van der Waals surface area contributed by atoms with Crippen LogP contribution in [0, 0.1) is 6.92 Å². The lowest BCUT2D eigenvalue weighted by Gasteiger charge is -2.11. The molecule has 0 atom stereocenters. The van der Waals surface area contributed by atoms with E-state index < -0.39 is 0 Å². The first-order chi connectivity index (χ1) is 9.02. The SMILES string of the molecule is COc1ccc(C)cc1Cn1ncc(Br)c(Br)c1=O. The van der Waals surface area contributed by atoms with E-state index in [4.69, 9.17) is 4.74 Å². The fourth-order valence-electron chi connectivity index (χ4n) is 1.75. The summed E-state index contributed by atoms with van der Waals surface area (Å²) >= 11 is 6.50. The Morgan fingerprint density at radius 3 is 2.79 bits per heavy atom. The molecule has 0 amide bonds. The number of hydrogen-bond donors (Lipinski definition) is 0. The zero-order chi connectivity index (χ0) is 14.0. The van der Waals surface area contributed by atoms with Gasteiger partial charge in [0.05, 0.1) is 24.3 Å². The maximum Gasteiger partial charge on any atom is 0.282 e. The molecule has 1 heterocycles. The minimum absolute atomic E-state index is 0.182. The average molecular weight is 388 g/mol. The van der Waals surface area contributed by atoms with E-state index in [-0.39, 0.29) is 5.56 Å². The van der Waals surface area contributed by atoms with Crippen molar-refractivity contribution in [3.8, 4) is 5.75 Å². The second kappa shape index (κ2) is 5.88. The maximum absolute atomic E-state index is 12.1. The summed E-state index contributed by atoms with van der Waals surface area (Å²) in [7, 11) is 1.61. The van der Waals surface area contributed by atoms with Gasteiger partial charge in [0.15, 0.2) is 0 Å². The molecule has 0 spiro atoms. The first kappa shape index (κ1) is 14.3. The molecule has 0 unspecified atom stereocenters. The van der Waals surface area contributed by atoms with Gasteiger partial charge in [-0.1, -0.05) is 17.7 Å². The third-order valence-corrected chi connectivity index (χ3v) is 4.60. The smallest absolute Gasteiger partial charge is 0.282 e. The molecule has 0 aliphatic heterocycles. The van der Waals surface area contributed by atoms with Gasteiger partial charge in [0, 0.05) is 5.56 Å². The number of methoxy groups -OCH3 is 1. The fraction of sp³-hybridized carbons (Fsp3) is 0.231. The summed E-state index contributed by atoms with van der Waals surface area (Å²) in [6.45, 7) is 2.37. The predicted molar refractivity (Wildman–Crippen MR) is 80.7 cm³/mol. The number of halogens is 2. The van der Waals surface area contributed by atoms with Crippen molar-refractivity contribution in [1.29, 1.82) is 0 Å². The Morgan fingerprint density at radius 1 is 1.37 bits per heavy atom. The number of ether oxygens (including phenoxy) is 1. The standard InChI is InChI=1S/C13H12Br2N2O2/c1-8-3-4-11(19-2)9(5-8)7-17-13(18)12(15)10(14)6-16-17/h3-6H,7H2,1-2H3. The van der Waals surface area contributed by atoms with Crippen molar-refractivity contribution in [1.82, 2.24) is 9.78 Å². The topological polar surface area (TPSA) is 44.1 Å². The van der Waals surface area contributed by atoms with Gasteiger partial charge < -0.3 is 4.74 Å². The zero-order valence-corrected chi connectivity index (χ0v) is 13.7. The third kappa shape index (κ3) is 3.06. The molecule has 0 saturated carbocycles. The van der Waals surface area contributed by atoms with Gasteiger partial charge >= 0.3 is 0 Å². The van der Waals surface area contributed by atoms with Gasteiger partial charge in [-0.3, -0.25) is 4.79 Å². The van der Waals surface area contributed by atoms with Gasteiger partial charge in [0.2, 0.25) is 0 Å². The van der Waals surface area contributed by atoms with Crippen LogP contribution in [0.2, 0.25) is 0 Å². The maximum atomic E-state index is 12.1. The molecule has 0 radical (unpaired) electrons. The van der Waals surface area contributed by atoms with E-state index in [1.807, 2.05) is 25.1 Å². The van der Waals surface area contributed by atoms with E-state index in [1.165, 1.54) is 4.68 Å². The summed E-state index contributed by atoms with van der Waals surface area (Å²) in [4.78, 5) is 12.1. The number of benzene rings is 1. The lowest BCUT2D eigenvalue weighted by Crippen LogP contribution is -2.24. The summed E-state index contributed by atoms with van der Waals surface area (Å²) in [5.41, 5.74) is 1.85. The number of nitrogens with zero attached hydrogens (tertiary/aromatic N) is 2. The van der Waals surface area contributed by atoms with Crippen molar-refractivity contribution in [2.24, 2.45) is 0 Å². The predicted octanol–water partition coefficient (Wildman–Crippen LogP) is 3.13. The number of aryl methyl sites for hydroxylation is 1. The number of rotatable bonds is 3. The molecular formula is C13H12Br2N2O2. The molecule has 19 heavy (non-hydrogen) atoms. The lowest BCUT2D eigenvalue weighted by atomic mass is 10.1. The van der Waals surface area contributed by atoms with E-state index in [9.17, 15) is 4.79 Å². The molecule has 2 aromatic rings. The quantitative estimate of drug-likeness (QED) is 0.812. The molecule has 1 aromatic heterocycles. The Kier molecular flexibility index (Phi) is 4.42. The van der Waals surface area contributed by atoms with Crippen LogP contribution >= 0.6 is 31.9 Å². The minimum atomic E-state index is -0.182. The molecular weight excluding hydrogens is 376 g/mol. The number of aromatic nitrogens is 2. The van der Waals surface area contributed by atoms with Gasteiger partial charge in [-0.25, -0.2) is 4.68 Å². The fourth-order valence-corrected chi connectivity index (χ4v) is 2.32. The van der Waals surface area contributed by atoms with E-state index in [2.05, 4.69) is 37.0 Å². The molecule has 0 N–H and O–H groups in total. The summed E-state index contributed by atoms with van der Waals surface area (Å²) in [5, 5.41) is 4.11.